The summed E-state index contributed by atoms with van der Waals surface area (Å²) in [6, 6.07) is 3.52. The van der Waals surface area contributed by atoms with Crippen molar-refractivity contribution >= 4 is 34.2 Å². The third-order valence-corrected chi connectivity index (χ3v) is 4.59. The van der Waals surface area contributed by atoms with Crippen LogP contribution in [0.2, 0.25) is 0 Å². The molecule has 0 radical (unpaired) electrons. The van der Waals surface area contributed by atoms with Crippen LogP contribution in [-0.4, -0.2) is 63.3 Å². The molecule has 2 N–H and O–H groups in total. The van der Waals surface area contributed by atoms with E-state index in [1.165, 1.54) is 0 Å². The third kappa shape index (κ3) is 4.99. The first-order valence-corrected chi connectivity index (χ1v) is 8.84. The Morgan fingerprint density at radius 1 is 1.25 bits per heavy atom. The van der Waals surface area contributed by atoms with E-state index in [1.54, 1.807) is 12.1 Å². The molecule has 2 aliphatic rings. The Labute approximate surface area is 156 Å². The van der Waals surface area contributed by atoms with Crippen molar-refractivity contribution in [2.24, 2.45) is 0 Å². The van der Waals surface area contributed by atoms with E-state index in [0.29, 0.717) is 36.8 Å². The van der Waals surface area contributed by atoms with Crippen LogP contribution in [-0.2, 0) is 0 Å². The van der Waals surface area contributed by atoms with Gasteiger partial charge in [-0.15, -0.1) is 12.4 Å². The van der Waals surface area contributed by atoms with Crippen LogP contribution in [0.5, 0.6) is 11.5 Å². The molecule has 1 fully saturated rings. The molecule has 8 heteroatoms. The lowest BCUT2D eigenvalue weighted by atomic mass is 10.1. The Kier molecular flexibility index (Phi) is 7.61. The van der Waals surface area contributed by atoms with Crippen molar-refractivity contribution in [3.05, 3.63) is 22.2 Å². The van der Waals surface area contributed by atoms with Crippen LogP contribution in [0, 0.1) is 0 Å². The highest BCUT2D eigenvalue weighted by Crippen LogP contribution is 2.38. The number of piperazine rings is 1. The van der Waals surface area contributed by atoms with Crippen molar-refractivity contribution in [2.45, 2.75) is 6.42 Å². The molecule has 0 saturated carbocycles. The maximum absolute atomic E-state index is 12.3. The quantitative estimate of drug-likeness (QED) is 0.710. The Balaban J connectivity index is 0.00000208. The van der Waals surface area contributed by atoms with Gasteiger partial charge in [-0.1, -0.05) is 0 Å². The van der Waals surface area contributed by atoms with Gasteiger partial charge >= 0.3 is 0 Å². The van der Waals surface area contributed by atoms with Gasteiger partial charge in [0.15, 0.2) is 11.5 Å². The predicted octanol–water partition coefficient (Wildman–Crippen LogP) is 1.67. The molecule has 0 aliphatic carbocycles. The summed E-state index contributed by atoms with van der Waals surface area (Å²) in [5, 5.41) is 6.31. The van der Waals surface area contributed by atoms with Gasteiger partial charge in [-0.05, 0) is 41.0 Å². The van der Waals surface area contributed by atoms with Gasteiger partial charge in [0.05, 0.1) is 4.47 Å². The summed E-state index contributed by atoms with van der Waals surface area (Å²) in [5.41, 5.74) is 0.586. The maximum Gasteiger partial charge on any atom is 0.251 e. The van der Waals surface area contributed by atoms with Crippen molar-refractivity contribution in [2.75, 3.05) is 52.5 Å². The molecule has 0 aromatic heterocycles. The lowest BCUT2D eigenvalue weighted by Gasteiger charge is -2.27. The minimum Gasteiger partial charge on any atom is -0.486 e. The number of rotatable bonds is 5. The van der Waals surface area contributed by atoms with E-state index in [4.69, 9.17) is 9.47 Å². The summed E-state index contributed by atoms with van der Waals surface area (Å²) in [6.07, 6.45) is 0.956. The van der Waals surface area contributed by atoms with Gasteiger partial charge in [0.1, 0.15) is 13.2 Å². The average Bonchev–Trinajstić information content (AvgIpc) is 2.59. The van der Waals surface area contributed by atoms with Gasteiger partial charge in [0, 0.05) is 38.3 Å². The zero-order valence-electron chi connectivity index (χ0n) is 13.5. The van der Waals surface area contributed by atoms with Gasteiger partial charge in [-0.25, -0.2) is 0 Å². The number of hydrogen-bond acceptors (Lipinski definition) is 5. The molecule has 0 spiro atoms. The Morgan fingerprint density at radius 2 is 2.00 bits per heavy atom. The van der Waals surface area contributed by atoms with E-state index in [0.717, 1.165) is 43.6 Å². The number of carbonyl (C=O) groups is 1. The second-order valence-electron chi connectivity index (χ2n) is 5.68. The van der Waals surface area contributed by atoms with Crippen LogP contribution >= 0.6 is 28.3 Å². The number of amides is 1. The molecule has 0 unspecified atom stereocenters. The predicted molar refractivity (Wildman–Crippen MR) is 98.6 cm³/mol. The fourth-order valence-corrected chi connectivity index (χ4v) is 3.34. The molecule has 0 bridgehead atoms. The largest absolute Gasteiger partial charge is 0.486 e. The Hall–Kier alpha value is -1.02. The van der Waals surface area contributed by atoms with E-state index in [1.807, 2.05) is 0 Å². The van der Waals surface area contributed by atoms with Gasteiger partial charge < -0.3 is 25.0 Å². The maximum atomic E-state index is 12.3. The van der Waals surface area contributed by atoms with E-state index < -0.39 is 0 Å². The number of carbonyl (C=O) groups excluding carboxylic acids is 1. The highest BCUT2D eigenvalue weighted by atomic mass is 79.9. The van der Waals surface area contributed by atoms with E-state index >= 15 is 0 Å². The first-order valence-electron chi connectivity index (χ1n) is 8.04. The highest BCUT2D eigenvalue weighted by molar-refractivity contribution is 9.10. The fraction of sp³-hybridized carbons (Fsp3) is 0.562. The first-order chi connectivity index (χ1) is 11.2. The highest BCUT2D eigenvalue weighted by Gasteiger charge is 2.19. The fourth-order valence-electron chi connectivity index (χ4n) is 2.78. The lowest BCUT2D eigenvalue weighted by Crippen LogP contribution is -2.44. The molecule has 0 atom stereocenters. The number of nitrogens with one attached hydrogen (secondary N) is 2. The zero-order valence-corrected chi connectivity index (χ0v) is 15.9. The molecular formula is C16H23BrClN3O3. The van der Waals surface area contributed by atoms with Crippen molar-refractivity contribution < 1.29 is 14.3 Å². The molecule has 1 aromatic carbocycles. The molecule has 24 heavy (non-hydrogen) atoms. The molecule has 1 saturated heterocycles. The number of nitrogens with zero attached hydrogens (tertiary/aromatic N) is 1. The Morgan fingerprint density at radius 3 is 2.79 bits per heavy atom. The van der Waals surface area contributed by atoms with Crippen molar-refractivity contribution in [1.82, 2.24) is 15.5 Å². The number of hydrogen-bond donors (Lipinski definition) is 2. The van der Waals surface area contributed by atoms with E-state index in [2.05, 4.69) is 31.5 Å². The minimum atomic E-state index is -0.0806. The zero-order chi connectivity index (χ0) is 16.1. The summed E-state index contributed by atoms with van der Waals surface area (Å²) >= 11 is 3.44. The second kappa shape index (κ2) is 9.46. The smallest absolute Gasteiger partial charge is 0.251 e. The van der Waals surface area contributed by atoms with Gasteiger partial charge in [-0.3, -0.25) is 4.79 Å². The standard InChI is InChI=1S/C16H22BrN3O3.ClH/c17-13-10-12(11-14-15(13)23-9-8-22-14)16(21)19-2-1-5-20-6-3-18-4-7-20;/h10-11,18H,1-9H2,(H,19,21);1H. The molecule has 1 aromatic rings. The number of ether oxygens (including phenoxy) is 2. The van der Waals surface area contributed by atoms with E-state index in [9.17, 15) is 4.79 Å². The van der Waals surface area contributed by atoms with Gasteiger partial charge in [0.2, 0.25) is 0 Å². The molecular weight excluding hydrogens is 398 g/mol. The van der Waals surface area contributed by atoms with Crippen LogP contribution in [0.15, 0.2) is 16.6 Å². The van der Waals surface area contributed by atoms with Gasteiger partial charge in [0.25, 0.3) is 5.91 Å². The van der Waals surface area contributed by atoms with Crippen LogP contribution in [0.1, 0.15) is 16.8 Å². The topological polar surface area (TPSA) is 62.8 Å². The van der Waals surface area contributed by atoms with Crippen LogP contribution < -0.4 is 20.1 Å². The number of benzene rings is 1. The molecule has 2 heterocycles. The average molecular weight is 421 g/mol. The summed E-state index contributed by atoms with van der Waals surface area (Å²) in [5.74, 6) is 1.21. The van der Waals surface area contributed by atoms with Crippen molar-refractivity contribution in [3.8, 4) is 11.5 Å². The summed E-state index contributed by atoms with van der Waals surface area (Å²) in [4.78, 5) is 14.7. The first kappa shape index (κ1) is 19.3. The molecule has 6 nitrogen and oxygen atoms in total. The van der Waals surface area contributed by atoms with Crippen LogP contribution in [0.4, 0.5) is 0 Å². The Bertz CT molecular complexity index is 568. The molecule has 2 aliphatic heterocycles. The second-order valence-corrected chi connectivity index (χ2v) is 6.54. The van der Waals surface area contributed by atoms with Crippen LogP contribution in [0.3, 0.4) is 0 Å². The normalized spacial score (nSPS) is 17.0. The summed E-state index contributed by atoms with van der Waals surface area (Å²) in [6.45, 7) is 7.02. The van der Waals surface area contributed by atoms with E-state index in [-0.39, 0.29) is 18.3 Å². The van der Waals surface area contributed by atoms with Crippen molar-refractivity contribution in [3.63, 3.8) is 0 Å². The lowest BCUT2D eigenvalue weighted by molar-refractivity contribution is 0.0950. The molecule has 1 amide bonds. The monoisotopic (exact) mass is 419 g/mol. The number of halogens is 2. The molecule has 134 valence electrons. The minimum absolute atomic E-state index is 0. The third-order valence-electron chi connectivity index (χ3n) is 4.01. The van der Waals surface area contributed by atoms with Gasteiger partial charge in [-0.2, -0.15) is 0 Å². The van der Waals surface area contributed by atoms with Crippen molar-refractivity contribution in [1.29, 1.82) is 0 Å². The SMILES string of the molecule is Cl.O=C(NCCCN1CCNCC1)c1cc(Br)c2c(c1)OCCO2. The summed E-state index contributed by atoms with van der Waals surface area (Å²) < 4.78 is 11.8. The molecule has 3 rings (SSSR count). The van der Waals surface area contributed by atoms with Crippen LogP contribution in [0.25, 0.3) is 0 Å². The number of fused-ring (bicyclic) bond motifs is 1. The summed E-state index contributed by atoms with van der Waals surface area (Å²) in [7, 11) is 0.